The predicted octanol–water partition coefficient (Wildman–Crippen LogP) is -0.734. The highest BCUT2D eigenvalue weighted by Gasteiger charge is 2.44. The highest BCUT2D eigenvalue weighted by atomic mass is 32.2. The summed E-state index contributed by atoms with van der Waals surface area (Å²) in [6, 6.07) is -2.13. The Morgan fingerprint density at radius 2 is 2.00 bits per heavy atom. The second-order valence-corrected chi connectivity index (χ2v) is 6.32. The van der Waals surface area contributed by atoms with Gasteiger partial charge in [-0.2, -0.15) is 0 Å². The number of imide groups is 1. The first-order valence-corrected chi connectivity index (χ1v) is 8.35. The number of carbonyl (C=O) groups is 3. The largest absolute Gasteiger partial charge is 0.325 e. The minimum absolute atomic E-state index is 0.194. The van der Waals surface area contributed by atoms with Crippen LogP contribution in [0.1, 0.15) is 39.0 Å². The average molecular weight is 335 g/mol. The maximum absolute atomic E-state index is 11.8. The van der Waals surface area contributed by atoms with Gasteiger partial charge in [-0.3, -0.25) is 20.1 Å². The molecule has 0 bridgehead atoms. The van der Waals surface area contributed by atoms with Gasteiger partial charge in [0.05, 0.1) is 11.2 Å². The zero-order valence-electron chi connectivity index (χ0n) is 12.2. The van der Waals surface area contributed by atoms with Gasteiger partial charge in [0.15, 0.2) is 0 Å². The molecule has 1 aliphatic heterocycles. The van der Waals surface area contributed by atoms with Crippen LogP contribution in [-0.2, 0) is 20.3 Å². The summed E-state index contributed by atoms with van der Waals surface area (Å²) in [6.07, 6.45) is 3.48. The van der Waals surface area contributed by atoms with E-state index in [1.54, 1.807) is 0 Å². The molecule has 0 spiro atoms. The van der Waals surface area contributed by atoms with Crippen LogP contribution in [0.25, 0.3) is 0 Å². The van der Waals surface area contributed by atoms with Gasteiger partial charge in [-0.25, -0.2) is 18.7 Å². The van der Waals surface area contributed by atoms with Crippen LogP contribution in [0, 0.1) is 5.92 Å². The molecule has 0 aromatic heterocycles. The van der Waals surface area contributed by atoms with Crippen molar-refractivity contribution in [3.05, 3.63) is 0 Å². The van der Waals surface area contributed by atoms with Crippen molar-refractivity contribution in [3.63, 3.8) is 0 Å². The van der Waals surface area contributed by atoms with Gasteiger partial charge in [0.1, 0.15) is 16.7 Å². The molecule has 1 saturated heterocycles. The first-order valence-electron chi connectivity index (χ1n) is 7.11. The molecule has 3 unspecified atom stereocenters. The standard InChI is InChI=1S/C12H21N3O6S/c1-2-3-4-5-6-7(10(16)15-19)9(22(20)21)8-11(17)14-12(18)13-8/h7-9,19,22H,2-6H2,1H3,(H,15,16)(H2,13,14,17,18). The minimum Gasteiger partial charge on any atom is -0.325 e. The van der Waals surface area contributed by atoms with Crippen molar-refractivity contribution in [2.75, 3.05) is 0 Å². The Morgan fingerprint density at radius 1 is 1.32 bits per heavy atom. The lowest BCUT2D eigenvalue weighted by atomic mass is 9.92. The van der Waals surface area contributed by atoms with Crippen molar-refractivity contribution >= 4 is 28.5 Å². The average Bonchev–Trinajstić information content (AvgIpc) is 2.79. The van der Waals surface area contributed by atoms with Gasteiger partial charge in [0.2, 0.25) is 5.91 Å². The molecule has 1 heterocycles. The summed E-state index contributed by atoms with van der Waals surface area (Å²) in [4.78, 5) is 34.6. The van der Waals surface area contributed by atoms with Crippen molar-refractivity contribution in [1.82, 2.24) is 16.1 Å². The fourth-order valence-electron chi connectivity index (χ4n) is 2.50. The summed E-state index contributed by atoms with van der Waals surface area (Å²) in [7, 11) is -3.17. The lowest BCUT2D eigenvalue weighted by Gasteiger charge is -2.24. The van der Waals surface area contributed by atoms with Crippen LogP contribution in [0.3, 0.4) is 0 Å². The molecule has 22 heavy (non-hydrogen) atoms. The Kier molecular flexibility index (Phi) is 7.25. The van der Waals surface area contributed by atoms with E-state index < -0.39 is 45.8 Å². The van der Waals surface area contributed by atoms with E-state index in [9.17, 15) is 22.8 Å². The molecule has 0 aromatic carbocycles. The number of unbranched alkanes of at least 4 members (excludes halogenated alkanes) is 3. The van der Waals surface area contributed by atoms with E-state index in [4.69, 9.17) is 5.21 Å². The van der Waals surface area contributed by atoms with Crippen molar-refractivity contribution in [2.24, 2.45) is 5.92 Å². The second-order valence-electron chi connectivity index (χ2n) is 5.15. The third-order valence-corrected chi connectivity index (χ3v) is 4.76. The van der Waals surface area contributed by atoms with Crippen LogP contribution in [0.5, 0.6) is 0 Å². The van der Waals surface area contributed by atoms with Crippen LogP contribution >= 0.6 is 0 Å². The number of carbonyl (C=O) groups excluding carboxylic acids is 3. The Bertz CT molecular complexity index is 499. The van der Waals surface area contributed by atoms with Gasteiger partial charge in [-0.05, 0) is 6.42 Å². The molecule has 1 fully saturated rings. The molecule has 0 radical (unpaired) electrons. The molecular formula is C12H21N3O6S. The van der Waals surface area contributed by atoms with Crippen molar-refractivity contribution in [1.29, 1.82) is 0 Å². The molecule has 0 aliphatic carbocycles. The van der Waals surface area contributed by atoms with Crippen LogP contribution in [-0.4, -0.2) is 42.8 Å². The summed E-state index contributed by atoms with van der Waals surface area (Å²) >= 11 is 0. The van der Waals surface area contributed by atoms with Gasteiger partial charge in [-0.15, -0.1) is 0 Å². The summed E-state index contributed by atoms with van der Waals surface area (Å²) in [5.41, 5.74) is 1.44. The van der Waals surface area contributed by atoms with Gasteiger partial charge < -0.3 is 5.32 Å². The molecule has 0 aromatic rings. The highest BCUT2D eigenvalue weighted by Crippen LogP contribution is 2.21. The van der Waals surface area contributed by atoms with Crippen LogP contribution in [0.2, 0.25) is 0 Å². The van der Waals surface area contributed by atoms with Crippen molar-refractivity contribution in [3.8, 4) is 0 Å². The zero-order chi connectivity index (χ0) is 16.7. The Hall–Kier alpha value is -1.68. The van der Waals surface area contributed by atoms with Gasteiger partial charge in [0, 0.05) is 0 Å². The monoisotopic (exact) mass is 335 g/mol. The molecule has 0 saturated carbocycles. The lowest BCUT2D eigenvalue weighted by molar-refractivity contribution is -0.134. The van der Waals surface area contributed by atoms with E-state index >= 15 is 0 Å². The fraction of sp³-hybridized carbons (Fsp3) is 0.750. The number of urea groups is 1. The maximum Gasteiger partial charge on any atom is 0.322 e. The van der Waals surface area contributed by atoms with E-state index in [-0.39, 0.29) is 6.42 Å². The smallest absolute Gasteiger partial charge is 0.322 e. The summed E-state index contributed by atoms with van der Waals surface area (Å²) in [6.45, 7) is 2.01. The number of rotatable bonds is 9. The van der Waals surface area contributed by atoms with Crippen LogP contribution < -0.4 is 16.1 Å². The van der Waals surface area contributed by atoms with Gasteiger partial charge in [-0.1, -0.05) is 32.6 Å². The van der Waals surface area contributed by atoms with Crippen LogP contribution in [0.15, 0.2) is 0 Å². The molecule has 126 valence electrons. The first-order chi connectivity index (χ1) is 10.4. The second kappa shape index (κ2) is 8.69. The highest BCUT2D eigenvalue weighted by molar-refractivity contribution is 7.73. The summed E-state index contributed by atoms with van der Waals surface area (Å²) < 4.78 is 23.1. The number of amides is 4. The molecule has 1 aliphatic rings. The third-order valence-electron chi connectivity index (χ3n) is 3.62. The molecule has 4 N–H and O–H groups in total. The number of thiol groups is 1. The molecule has 3 atom stereocenters. The van der Waals surface area contributed by atoms with Crippen molar-refractivity contribution in [2.45, 2.75) is 50.3 Å². The Labute approximate surface area is 129 Å². The normalized spacial score (nSPS) is 20.4. The minimum atomic E-state index is -3.17. The van der Waals surface area contributed by atoms with Gasteiger partial charge >= 0.3 is 6.03 Å². The quantitative estimate of drug-likeness (QED) is 0.124. The first kappa shape index (κ1) is 18.4. The number of nitrogens with one attached hydrogen (secondary N) is 3. The van der Waals surface area contributed by atoms with Crippen molar-refractivity contribution < 1.29 is 28.0 Å². The zero-order valence-corrected chi connectivity index (χ0v) is 13.1. The lowest BCUT2D eigenvalue weighted by Crippen LogP contribution is -2.50. The summed E-state index contributed by atoms with van der Waals surface area (Å²) in [5, 5.41) is 11.5. The topological polar surface area (TPSA) is 142 Å². The van der Waals surface area contributed by atoms with E-state index in [1.807, 2.05) is 12.2 Å². The van der Waals surface area contributed by atoms with Gasteiger partial charge in [0.25, 0.3) is 5.91 Å². The molecule has 1 rings (SSSR count). The van der Waals surface area contributed by atoms with Crippen LogP contribution in [0.4, 0.5) is 4.79 Å². The van der Waals surface area contributed by atoms with E-state index in [2.05, 4.69) is 5.32 Å². The fourth-order valence-corrected chi connectivity index (χ4v) is 3.54. The Morgan fingerprint density at radius 3 is 2.45 bits per heavy atom. The predicted molar refractivity (Wildman–Crippen MR) is 76.7 cm³/mol. The summed E-state index contributed by atoms with van der Waals surface area (Å²) in [5.74, 6) is -2.79. The molecule has 9 nitrogen and oxygen atoms in total. The maximum atomic E-state index is 11.8. The Balaban J connectivity index is 2.92. The van der Waals surface area contributed by atoms with E-state index in [0.717, 1.165) is 19.3 Å². The SMILES string of the molecule is CCCCCCC(C(=O)NO)C(C1NC(=O)NC1=O)[SH](=O)=O. The van der Waals surface area contributed by atoms with E-state index in [1.165, 1.54) is 5.48 Å². The number of hydrogen-bond acceptors (Lipinski definition) is 6. The number of hydrogen-bond donors (Lipinski definition) is 5. The molecule has 4 amide bonds. The third kappa shape index (κ3) is 4.67. The molecular weight excluding hydrogens is 314 g/mol. The molecule has 10 heteroatoms. The van der Waals surface area contributed by atoms with E-state index in [0.29, 0.717) is 6.42 Å². The number of hydroxylamine groups is 1.